The number of aromatic nitrogens is 1. The second-order valence-corrected chi connectivity index (χ2v) is 5.80. The molecule has 0 spiro atoms. The van der Waals surface area contributed by atoms with E-state index in [0.717, 1.165) is 35.5 Å². The minimum atomic E-state index is 0.0429. The van der Waals surface area contributed by atoms with Gasteiger partial charge in [-0.15, -0.1) is 0 Å². The summed E-state index contributed by atoms with van der Waals surface area (Å²) < 4.78 is 0. The fourth-order valence-corrected chi connectivity index (χ4v) is 2.93. The van der Waals surface area contributed by atoms with Crippen LogP contribution in [0.25, 0.3) is 6.08 Å². The van der Waals surface area contributed by atoms with Gasteiger partial charge >= 0.3 is 0 Å². The fourth-order valence-electron chi connectivity index (χ4n) is 2.80. The molecule has 1 aliphatic heterocycles. The van der Waals surface area contributed by atoms with Crippen molar-refractivity contribution in [3.05, 3.63) is 71.0 Å². The Morgan fingerprint density at radius 2 is 2.09 bits per heavy atom. The Kier molecular flexibility index (Phi) is 4.54. The highest BCUT2D eigenvalue weighted by atomic mass is 35.5. The SMILES string of the molecule is O=C(/C=C/c1cccnc1)N1CCC[C@H]1c1ccc(Cl)cc1. The van der Waals surface area contributed by atoms with Gasteiger partial charge in [-0.3, -0.25) is 9.78 Å². The number of halogens is 1. The van der Waals surface area contributed by atoms with Crippen molar-refractivity contribution >= 4 is 23.6 Å². The van der Waals surface area contributed by atoms with Gasteiger partial charge in [-0.1, -0.05) is 29.8 Å². The lowest BCUT2D eigenvalue weighted by molar-refractivity contribution is -0.126. The summed E-state index contributed by atoms with van der Waals surface area (Å²) in [5.74, 6) is 0.0429. The Morgan fingerprint density at radius 3 is 2.82 bits per heavy atom. The number of hydrogen-bond acceptors (Lipinski definition) is 2. The van der Waals surface area contributed by atoms with E-state index in [4.69, 9.17) is 11.6 Å². The van der Waals surface area contributed by atoms with E-state index in [0.29, 0.717) is 0 Å². The number of carbonyl (C=O) groups is 1. The normalized spacial score (nSPS) is 18.0. The van der Waals surface area contributed by atoms with Crippen molar-refractivity contribution in [2.24, 2.45) is 0 Å². The first-order valence-corrected chi connectivity index (χ1v) is 7.76. The molecule has 0 unspecified atom stereocenters. The summed E-state index contributed by atoms with van der Waals surface area (Å²) in [4.78, 5) is 18.4. The molecule has 4 heteroatoms. The van der Waals surface area contributed by atoms with Crippen LogP contribution in [0.5, 0.6) is 0 Å². The van der Waals surface area contributed by atoms with Crippen molar-refractivity contribution in [1.29, 1.82) is 0 Å². The largest absolute Gasteiger partial charge is 0.332 e. The molecule has 1 aliphatic rings. The molecule has 1 atom stereocenters. The molecule has 1 aromatic carbocycles. The van der Waals surface area contributed by atoms with Gasteiger partial charge in [0.05, 0.1) is 6.04 Å². The molecule has 0 aliphatic carbocycles. The van der Waals surface area contributed by atoms with Crippen LogP contribution in [0.3, 0.4) is 0 Å². The second-order valence-electron chi connectivity index (χ2n) is 5.36. The maximum atomic E-state index is 12.5. The van der Waals surface area contributed by atoms with Crippen molar-refractivity contribution < 1.29 is 4.79 Å². The van der Waals surface area contributed by atoms with Crippen LogP contribution in [0.4, 0.5) is 0 Å². The molecule has 22 heavy (non-hydrogen) atoms. The fraction of sp³-hybridized carbons (Fsp3) is 0.222. The van der Waals surface area contributed by atoms with Gasteiger partial charge in [0, 0.05) is 30.0 Å². The van der Waals surface area contributed by atoms with Gasteiger partial charge in [-0.2, -0.15) is 0 Å². The van der Waals surface area contributed by atoms with Crippen molar-refractivity contribution in [2.45, 2.75) is 18.9 Å². The van der Waals surface area contributed by atoms with Gasteiger partial charge in [0.25, 0.3) is 0 Å². The van der Waals surface area contributed by atoms with Crippen molar-refractivity contribution in [2.75, 3.05) is 6.54 Å². The quantitative estimate of drug-likeness (QED) is 0.799. The van der Waals surface area contributed by atoms with Crippen LogP contribution in [-0.4, -0.2) is 22.3 Å². The summed E-state index contributed by atoms with van der Waals surface area (Å²) in [7, 11) is 0. The Labute approximate surface area is 135 Å². The highest BCUT2D eigenvalue weighted by molar-refractivity contribution is 6.30. The van der Waals surface area contributed by atoms with Crippen LogP contribution >= 0.6 is 11.6 Å². The van der Waals surface area contributed by atoms with Crippen LogP contribution in [0.2, 0.25) is 5.02 Å². The first-order chi connectivity index (χ1) is 10.7. The minimum absolute atomic E-state index is 0.0429. The zero-order chi connectivity index (χ0) is 15.4. The van der Waals surface area contributed by atoms with Gasteiger partial charge < -0.3 is 4.90 Å². The molecule has 1 amide bonds. The van der Waals surface area contributed by atoms with Crippen LogP contribution < -0.4 is 0 Å². The van der Waals surface area contributed by atoms with Gasteiger partial charge in [-0.05, 0) is 48.2 Å². The van der Waals surface area contributed by atoms with E-state index < -0.39 is 0 Å². The molecule has 3 nitrogen and oxygen atoms in total. The number of rotatable bonds is 3. The lowest BCUT2D eigenvalue weighted by atomic mass is 10.0. The van der Waals surface area contributed by atoms with E-state index in [1.165, 1.54) is 0 Å². The number of benzene rings is 1. The summed E-state index contributed by atoms with van der Waals surface area (Å²) in [6, 6.07) is 11.7. The number of amides is 1. The molecule has 1 aromatic heterocycles. The third-order valence-corrected chi connectivity index (χ3v) is 4.15. The summed E-state index contributed by atoms with van der Waals surface area (Å²) in [6.45, 7) is 0.795. The molecule has 0 bridgehead atoms. The van der Waals surface area contributed by atoms with E-state index in [-0.39, 0.29) is 11.9 Å². The van der Waals surface area contributed by atoms with Gasteiger partial charge in [0.2, 0.25) is 5.91 Å². The summed E-state index contributed by atoms with van der Waals surface area (Å²) in [5, 5.41) is 0.719. The standard InChI is InChI=1S/C18H17ClN2O/c19-16-8-6-15(7-9-16)17-4-2-12-21(17)18(22)10-5-14-3-1-11-20-13-14/h1,3,5-11,13,17H,2,4,12H2/b10-5+/t17-/m0/s1. The average molecular weight is 313 g/mol. The van der Waals surface area contributed by atoms with Crippen molar-refractivity contribution in [3.63, 3.8) is 0 Å². The highest BCUT2D eigenvalue weighted by Crippen LogP contribution is 2.32. The number of pyridine rings is 1. The third kappa shape index (κ3) is 3.37. The molecule has 2 aromatic rings. The molecule has 1 fully saturated rings. The molecule has 3 rings (SSSR count). The maximum absolute atomic E-state index is 12.5. The second kappa shape index (κ2) is 6.75. The minimum Gasteiger partial charge on any atom is -0.332 e. The first-order valence-electron chi connectivity index (χ1n) is 7.38. The molecular formula is C18H17ClN2O. The Balaban J connectivity index is 1.74. The van der Waals surface area contributed by atoms with Crippen LogP contribution in [0.15, 0.2) is 54.9 Å². The Bertz CT molecular complexity index is 667. The zero-order valence-electron chi connectivity index (χ0n) is 12.2. The van der Waals surface area contributed by atoms with E-state index in [2.05, 4.69) is 4.98 Å². The zero-order valence-corrected chi connectivity index (χ0v) is 12.9. The predicted octanol–water partition coefficient (Wildman–Crippen LogP) is 4.11. The van der Waals surface area contributed by atoms with E-state index >= 15 is 0 Å². The van der Waals surface area contributed by atoms with E-state index in [1.807, 2.05) is 47.4 Å². The Hall–Kier alpha value is -2.13. The maximum Gasteiger partial charge on any atom is 0.247 e. The third-order valence-electron chi connectivity index (χ3n) is 3.89. The lowest BCUT2D eigenvalue weighted by Crippen LogP contribution is -2.28. The summed E-state index contributed by atoms with van der Waals surface area (Å²) in [5.41, 5.74) is 2.07. The molecule has 2 heterocycles. The summed E-state index contributed by atoms with van der Waals surface area (Å²) >= 11 is 5.94. The first kappa shape index (κ1) is 14.8. The molecule has 112 valence electrons. The average Bonchev–Trinajstić information content (AvgIpc) is 3.04. The highest BCUT2D eigenvalue weighted by Gasteiger charge is 2.28. The van der Waals surface area contributed by atoms with Gasteiger partial charge in [0.15, 0.2) is 0 Å². The molecular weight excluding hydrogens is 296 g/mol. The number of likely N-dealkylation sites (tertiary alicyclic amines) is 1. The number of nitrogens with zero attached hydrogens (tertiary/aromatic N) is 2. The van der Waals surface area contributed by atoms with Crippen LogP contribution in [0.1, 0.15) is 30.0 Å². The smallest absolute Gasteiger partial charge is 0.247 e. The van der Waals surface area contributed by atoms with Crippen molar-refractivity contribution in [1.82, 2.24) is 9.88 Å². The number of carbonyl (C=O) groups excluding carboxylic acids is 1. The van der Waals surface area contributed by atoms with Crippen LogP contribution in [-0.2, 0) is 4.79 Å². The predicted molar refractivity (Wildman–Crippen MR) is 88.4 cm³/mol. The molecule has 1 saturated heterocycles. The van der Waals surface area contributed by atoms with Crippen molar-refractivity contribution in [3.8, 4) is 0 Å². The van der Waals surface area contributed by atoms with Crippen LogP contribution in [0, 0.1) is 0 Å². The van der Waals surface area contributed by atoms with E-state index in [1.54, 1.807) is 18.5 Å². The van der Waals surface area contributed by atoms with Gasteiger partial charge in [-0.25, -0.2) is 0 Å². The van der Waals surface area contributed by atoms with Gasteiger partial charge in [0.1, 0.15) is 0 Å². The Morgan fingerprint density at radius 1 is 1.27 bits per heavy atom. The summed E-state index contributed by atoms with van der Waals surface area (Å²) in [6.07, 6.45) is 8.92. The molecule has 0 radical (unpaired) electrons. The topological polar surface area (TPSA) is 33.2 Å². The number of hydrogen-bond donors (Lipinski definition) is 0. The molecule has 0 saturated carbocycles. The van der Waals surface area contributed by atoms with E-state index in [9.17, 15) is 4.79 Å². The monoisotopic (exact) mass is 312 g/mol. The molecule has 0 N–H and O–H groups in total. The lowest BCUT2D eigenvalue weighted by Gasteiger charge is -2.24.